The lowest BCUT2D eigenvalue weighted by Crippen LogP contribution is -2.33. The number of amides is 1. The zero-order valence-corrected chi connectivity index (χ0v) is 14.6. The van der Waals surface area contributed by atoms with E-state index in [1.807, 2.05) is 30.3 Å². The lowest BCUT2D eigenvalue weighted by Gasteiger charge is -2.21. The van der Waals surface area contributed by atoms with E-state index in [9.17, 15) is 13.6 Å². The quantitative estimate of drug-likeness (QED) is 0.625. The second kappa shape index (κ2) is 7.23. The fourth-order valence-electron chi connectivity index (χ4n) is 2.55. The summed E-state index contributed by atoms with van der Waals surface area (Å²) >= 11 is 1.04. The average molecular weight is 361 g/mol. The summed E-state index contributed by atoms with van der Waals surface area (Å²) in [4.78, 5) is 18.4. The predicted molar refractivity (Wildman–Crippen MR) is 96.2 cm³/mol. The van der Waals surface area contributed by atoms with Gasteiger partial charge in [-0.1, -0.05) is 42.1 Å². The van der Waals surface area contributed by atoms with Crippen LogP contribution in [0.5, 0.6) is 0 Å². The van der Waals surface area contributed by atoms with Crippen molar-refractivity contribution in [3.63, 3.8) is 0 Å². The number of fused-ring (bicyclic) bond motifs is 1. The van der Waals surface area contributed by atoms with Gasteiger partial charge in [-0.15, -0.1) is 0 Å². The molecule has 0 aliphatic carbocycles. The van der Waals surface area contributed by atoms with E-state index in [2.05, 4.69) is 4.98 Å². The predicted octanol–water partition coefficient (Wildman–Crippen LogP) is 4.58. The Hall–Kier alpha value is -2.41. The number of benzene rings is 2. The van der Waals surface area contributed by atoms with Gasteiger partial charge in [-0.2, -0.15) is 8.78 Å². The average Bonchev–Trinajstić information content (AvgIpc) is 2.99. The van der Waals surface area contributed by atoms with E-state index in [1.165, 1.54) is 4.90 Å². The molecule has 25 heavy (non-hydrogen) atoms. The van der Waals surface area contributed by atoms with Gasteiger partial charge in [-0.05, 0) is 31.2 Å². The van der Waals surface area contributed by atoms with Crippen LogP contribution in [-0.4, -0.2) is 27.8 Å². The highest BCUT2D eigenvalue weighted by molar-refractivity contribution is 8.00. The number of halogens is 2. The zero-order valence-electron chi connectivity index (χ0n) is 13.8. The maximum Gasteiger partial charge on any atom is 0.321 e. The van der Waals surface area contributed by atoms with Crippen molar-refractivity contribution in [2.45, 2.75) is 23.9 Å². The molecular formula is C18H17F2N3OS. The summed E-state index contributed by atoms with van der Waals surface area (Å²) < 4.78 is 27.8. The van der Waals surface area contributed by atoms with Crippen LogP contribution in [0, 0.1) is 0 Å². The van der Waals surface area contributed by atoms with Crippen molar-refractivity contribution in [1.29, 1.82) is 0 Å². The lowest BCUT2D eigenvalue weighted by molar-refractivity contribution is -0.117. The molecule has 0 fully saturated rings. The van der Waals surface area contributed by atoms with Gasteiger partial charge >= 0.3 is 6.55 Å². The SMILES string of the molecule is CC(Sc1nc2ccccc2n1C(F)F)C(=O)N(C)c1ccccc1. The molecule has 0 saturated carbocycles. The Bertz CT molecular complexity index is 882. The number of carbonyl (C=O) groups excluding carboxylic acids is 1. The van der Waals surface area contributed by atoms with E-state index in [0.717, 1.165) is 22.0 Å². The molecule has 0 N–H and O–H groups in total. The van der Waals surface area contributed by atoms with Crippen LogP contribution in [0.1, 0.15) is 13.5 Å². The maximum absolute atomic E-state index is 13.5. The van der Waals surface area contributed by atoms with Gasteiger partial charge in [-0.25, -0.2) is 4.98 Å². The Morgan fingerprint density at radius 1 is 1.12 bits per heavy atom. The third-order valence-corrected chi connectivity index (χ3v) is 4.92. The molecule has 3 rings (SSSR count). The maximum atomic E-state index is 13.5. The Morgan fingerprint density at radius 2 is 1.76 bits per heavy atom. The van der Waals surface area contributed by atoms with Crippen molar-refractivity contribution in [3.8, 4) is 0 Å². The van der Waals surface area contributed by atoms with E-state index >= 15 is 0 Å². The smallest absolute Gasteiger partial charge is 0.315 e. The molecule has 0 bridgehead atoms. The van der Waals surface area contributed by atoms with Gasteiger partial charge in [0.2, 0.25) is 5.91 Å². The van der Waals surface area contributed by atoms with E-state index < -0.39 is 11.8 Å². The summed E-state index contributed by atoms with van der Waals surface area (Å²) in [5.41, 5.74) is 1.60. The first kappa shape index (κ1) is 17.4. The number of imidazole rings is 1. The molecule has 2 aromatic carbocycles. The van der Waals surface area contributed by atoms with Crippen LogP contribution in [0.2, 0.25) is 0 Å². The van der Waals surface area contributed by atoms with Gasteiger partial charge in [0.25, 0.3) is 0 Å². The molecule has 0 saturated heterocycles. The zero-order chi connectivity index (χ0) is 18.0. The second-order valence-corrected chi connectivity index (χ2v) is 6.83. The summed E-state index contributed by atoms with van der Waals surface area (Å²) in [6, 6.07) is 15.9. The minimum atomic E-state index is -2.72. The molecule has 4 nitrogen and oxygen atoms in total. The summed E-state index contributed by atoms with van der Waals surface area (Å²) in [6.45, 7) is -1.02. The first-order valence-electron chi connectivity index (χ1n) is 7.73. The Labute approximate surface area is 148 Å². The van der Waals surface area contributed by atoms with E-state index in [4.69, 9.17) is 0 Å². The third kappa shape index (κ3) is 3.51. The minimum absolute atomic E-state index is 0.138. The molecule has 1 atom stereocenters. The van der Waals surface area contributed by atoms with Crippen molar-refractivity contribution < 1.29 is 13.6 Å². The van der Waals surface area contributed by atoms with Gasteiger partial charge in [0, 0.05) is 12.7 Å². The molecule has 1 aromatic heterocycles. The number of rotatable bonds is 5. The Morgan fingerprint density at radius 3 is 2.44 bits per heavy atom. The lowest BCUT2D eigenvalue weighted by atomic mass is 10.3. The highest BCUT2D eigenvalue weighted by atomic mass is 32.2. The van der Waals surface area contributed by atoms with E-state index in [1.54, 1.807) is 38.2 Å². The molecule has 0 aliphatic rings. The number of aromatic nitrogens is 2. The van der Waals surface area contributed by atoms with Crippen molar-refractivity contribution in [2.75, 3.05) is 11.9 Å². The molecule has 0 radical (unpaired) electrons. The number of hydrogen-bond donors (Lipinski definition) is 0. The largest absolute Gasteiger partial charge is 0.321 e. The first-order chi connectivity index (χ1) is 12.0. The highest BCUT2D eigenvalue weighted by Gasteiger charge is 2.25. The number of hydrogen-bond acceptors (Lipinski definition) is 3. The van der Waals surface area contributed by atoms with Gasteiger partial charge in [0.05, 0.1) is 16.3 Å². The highest BCUT2D eigenvalue weighted by Crippen LogP contribution is 2.32. The molecule has 0 aliphatic heterocycles. The molecule has 3 aromatic rings. The van der Waals surface area contributed by atoms with Crippen LogP contribution in [0.25, 0.3) is 11.0 Å². The van der Waals surface area contributed by atoms with Crippen molar-refractivity contribution >= 4 is 34.4 Å². The van der Waals surface area contributed by atoms with Crippen LogP contribution < -0.4 is 4.90 Å². The molecule has 1 amide bonds. The number of anilines is 1. The summed E-state index contributed by atoms with van der Waals surface area (Å²) in [7, 11) is 1.67. The topological polar surface area (TPSA) is 38.1 Å². The van der Waals surface area contributed by atoms with E-state index in [-0.39, 0.29) is 11.1 Å². The first-order valence-corrected chi connectivity index (χ1v) is 8.61. The summed E-state index contributed by atoms with van der Waals surface area (Å²) in [5, 5.41) is -0.418. The standard InChI is InChI=1S/C18H17F2N3OS/c1-12(16(24)22(2)13-8-4-3-5-9-13)25-18-21-14-10-6-7-11-15(14)23(18)17(19)20/h3-12,17H,1-2H3. The Kier molecular flexibility index (Phi) is 5.03. The van der Waals surface area contributed by atoms with Gasteiger partial charge in [0.1, 0.15) is 0 Å². The number of para-hydroxylation sites is 3. The van der Waals surface area contributed by atoms with E-state index in [0.29, 0.717) is 11.0 Å². The third-order valence-electron chi connectivity index (χ3n) is 3.86. The van der Waals surface area contributed by atoms with Crippen LogP contribution in [0.3, 0.4) is 0 Å². The normalized spacial score (nSPS) is 12.5. The monoisotopic (exact) mass is 361 g/mol. The molecule has 1 unspecified atom stereocenters. The summed E-state index contributed by atoms with van der Waals surface area (Å²) in [6.07, 6.45) is 0. The van der Waals surface area contributed by atoms with Gasteiger partial charge < -0.3 is 4.90 Å². The second-order valence-electron chi connectivity index (χ2n) is 5.52. The summed E-state index contributed by atoms with van der Waals surface area (Å²) in [5.74, 6) is -0.177. The van der Waals surface area contributed by atoms with Crippen LogP contribution in [0.4, 0.5) is 14.5 Å². The van der Waals surface area contributed by atoms with Gasteiger partial charge in [0.15, 0.2) is 5.16 Å². The molecule has 130 valence electrons. The van der Waals surface area contributed by atoms with Crippen LogP contribution in [-0.2, 0) is 4.79 Å². The molecular weight excluding hydrogens is 344 g/mol. The Balaban J connectivity index is 1.85. The molecule has 7 heteroatoms. The number of thioether (sulfide) groups is 1. The van der Waals surface area contributed by atoms with Crippen molar-refractivity contribution in [3.05, 3.63) is 54.6 Å². The molecule has 1 heterocycles. The minimum Gasteiger partial charge on any atom is -0.315 e. The van der Waals surface area contributed by atoms with Gasteiger partial charge in [-0.3, -0.25) is 9.36 Å². The fourth-order valence-corrected chi connectivity index (χ4v) is 3.57. The van der Waals surface area contributed by atoms with Crippen LogP contribution >= 0.6 is 11.8 Å². The van der Waals surface area contributed by atoms with Crippen molar-refractivity contribution in [2.24, 2.45) is 0 Å². The van der Waals surface area contributed by atoms with Crippen LogP contribution in [0.15, 0.2) is 59.8 Å². The van der Waals surface area contributed by atoms with Crippen molar-refractivity contribution in [1.82, 2.24) is 9.55 Å². The number of nitrogens with zero attached hydrogens (tertiary/aromatic N) is 3. The molecule has 0 spiro atoms. The number of alkyl halides is 2. The fraction of sp³-hybridized carbons (Fsp3) is 0.222. The number of carbonyl (C=O) groups is 1.